The van der Waals surface area contributed by atoms with Crippen LogP contribution in [0, 0.1) is 5.92 Å². The van der Waals surface area contributed by atoms with Crippen molar-refractivity contribution in [2.24, 2.45) is 5.92 Å². The fourth-order valence-electron chi connectivity index (χ4n) is 3.89. The van der Waals surface area contributed by atoms with Crippen LogP contribution in [0.5, 0.6) is 5.88 Å². The van der Waals surface area contributed by atoms with Crippen molar-refractivity contribution < 1.29 is 9.53 Å². The number of benzene rings is 1. The van der Waals surface area contributed by atoms with Crippen LogP contribution in [-0.4, -0.2) is 45.5 Å². The molecule has 0 spiro atoms. The molecule has 6 heteroatoms. The van der Waals surface area contributed by atoms with Gasteiger partial charge in [-0.3, -0.25) is 4.79 Å². The van der Waals surface area contributed by atoms with E-state index >= 15 is 0 Å². The Balaban J connectivity index is 1.43. The second-order valence-electron chi connectivity index (χ2n) is 8.24. The van der Waals surface area contributed by atoms with Gasteiger partial charge in [0.2, 0.25) is 5.88 Å². The van der Waals surface area contributed by atoms with Gasteiger partial charge in [-0.15, -0.1) is 0 Å². The molecule has 160 valence electrons. The molecule has 1 amide bonds. The van der Waals surface area contributed by atoms with Gasteiger partial charge in [0, 0.05) is 48.7 Å². The summed E-state index contributed by atoms with van der Waals surface area (Å²) < 4.78 is 5.99. The molecular formula is C25H28N4O2. The van der Waals surface area contributed by atoms with Crippen LogP contribution in [0.3, 0.4) is 0 Å². The van der Waals surface area contributed by atoms with Crippen LogP contribution in [0.1, 0.15) is 48.7 Å². The van der Waals surface area contributed by atoms with Crippen LogP contribution in [-0.2, 0) is 0 Å². The van der Waals surface area contributed by atoms with Crippen molar-refractivity contribution >= 4 is 5.91 Å². The number of ether oxygens (including phenoxy) is 1. The van der Waals surface area contributed by atoms with Gasteiger partial charge in [0.25, 0.3) is 5.91 Å². The molecule has 0 radical (unpaired) electrons. The summed E-state index contributed by atoms with van der Waals surface area (Å²) >= 11 is 0. The van der Waals surface area contributed by atoms with Gasteiger partial charge < -0.3 is 9.64 Å². The van der Waals surface area contributed by atoms with Crippen molar-refractivity contribution in [2.45, 2.75) is 32.6 Å². The van der Waals surface area contributed by atoms with E-state index in [2.05, 4.69) is 28.8 Å². The standard InChI is InChI=1S/C25H28N4O2/c1-18(2)22-11-5-12-23(28-22)31-17-19-8-6-15-29(16-19)25(30)21-10-4-3-9-20(21)24-26-13-7-14-27-24/h3-5,7,9-14,18-19H,6,8,15-17H2,1-2H3. The fourth-order valence-corrected chi connectivity index (χ4v) is 3.89. The van der Waals surface area contributed by atoms with E-state index in [1.54, 1.807) is 18.5 Å². The molecule has 1 fully saturated rings. The van der Waals surface area contributed by atoms with Crippen molar-refractivity contribution in [2.75, 3.05) is 19.7 Å². The molecule has 1 aromatic carbocycles. The normalized spacial score (nSPS) is 16.4. The summed E-state index contributed by atoms with van der Waals surface area (Å²) in [6, 6.07) is 15.2. The van der Waals surface area contributed by atoms with Crippen LogP contribution in [0.25, 0.3) is 11.4 Å². The molecule has 2 aromatic heterocycles. The van der Waals surface area contributed by atoms with Crippen molar-refractivity contribution in [1.29, 1.82) is 0 Å². The Hall–Kier alpha value is -3.28. The van der Waals surface area contributed by atoms with Gasteiger partial charge in [-0.25, -0.2) is 15.0 Å². The predicted molar refractivity (Wildman–Crippen MR) is 120 cm³/mol. The number of hydrogen-bond acceptors (Lipinski definition) is 5. The molecular weight excluding hydrogens is 388 g/mol. The minimum Gasteiger partial charge on any atom is -0.477 e. The van der Waals surface area contributed by atoms with E-state index in [4.69, 9.17) is 4.74 Å². The summed E-state index contributed by atoms with van der Waals surface area (Å²) in [5.41, 5.74) is 2.43. The molecule has 0 aliphatic carbocycles. The summed E-state index contributed by atoms with van der Waals surface area (Å²) in [4.78, 5) is 28.5. The molecule has 4 rings (SSSR count). The Kier molecular flexibility index (Phi) is 6.55. The van der Waals surface area contributed by atoms with Crippen molar-refractivity contribution in [3.63, 3.8) is 0 Å². The first-order valence-electron chi connectivity index (χ1n) is 10.9. The monoisotopic (exact) mass is 416 g/mol. The molecule has 0 saturated carbocycles. The number of aromatic nitrogens is 3. The van der Waals surface area contributed by atoms with Crippen LogP contribution in [0.15, 0.2) is 60.9 Å². The summed E-state index contributed by atoms with van der Waals surface area (Å²) in [5, 5.41) is 0. The minimum atomic E-state index is 0.0210. The third-order valence-corrected chi connectivity index (χ3v) is 5.57. The molecule has 1 atom stereocenters. The Labute approximate surface area is 183 Å². The lowest BCUT2D eigenvalue weighted by molar-refractivity contribution is 0.0632. The van der Waals surface area contributed by atoms with E-state index in [1.165, 1.54) is 0 Å². The van der Waals surface area contributed by atoms with Crippen LogP contribution in [0.4, 0.5) is 0 Å². The van der Waals surface area contributed by atoms with Crippen molar-refractivity contribution in [3.8, 4) is 17.3 Å². The molecule has 3 aromatic rings. The fraction of sp³-hybridized carbons (Fsp3) is 0.360. The van der Waals surface area contributed by atoms with Gasteiger partial charge in [0.1, 0.15) is 0 Å². The van der Waals surface area contributed by atoms with E-state index in [1.807, 2.05) is 47.4 Å². The maximum absolute atomic E-state index is 13.4. The summed E-state index contributed by atoms with van der Waals surface area (Å²) in [6.45, 7) is 6.22. The highest BCUT2D eigenvalue weighted by Crippen LogP contribution is 2.25. The third-order valence-electron chi connectivity index (χ3n) is 5.57. The SMILES string of the molecule is CC(C)c1cccc(OCC2CCCN(C(=O)c3ccccc3-c3ncccn3)C2)n1. The number of carbonyl (C=O) groups is 1. The number of piperidine rings is 1. The lowest BCUT2D eigenvalue weighted by atomic mass is 9.97. The Morgan fingerprint density at radius 3 is 2.71 bits per heavy atom. The topological polar surface area (TPSA) is 68.2 Å². The van der Waals surface area contributed by atoms with Gasteiger partial charge in [-0.05, 0) is 37.0 Å². The van der Waals surface area contributed by atoms with E-state index < -0.39 is 0 Å². The number of pyridine rings is 1. The summed E-state index contributed by atoms with van der Waals surface area (Å²) in [6.07, 6.45) is 5.39. The zero-order valence-corrected chi connectivity index (χ0v) is 18.1. The molecule has 31 heavy (non-hydrogen) atoms. The van der Waals surface area contributed by atoms with E-state index in [-0.39, 0.29) is 11.8 Å². The summed E-state index contributed by atoms with van der Waals surface area (Å²) in [7, 11) is 0. The third kappa shape index (κ3) is 5.08. The van der Waals surface area contributed by atoms with Gasteiger partial charge in [0.05, 0.1) is 12.2 Å². The number of hydrogen-bond donors (Lipinski definition) is 0. The smallest absolute Gasteiger partial charge is 0.254 e. The minimum absolute atomic E-state index is 0.0210. The molecule has 1 aliphatic heterocycles. The molecule has 0 bridgehead atoms. The summed E-state index contributed by atoms with van der Waals surface area (Å²) in [5.74, 6) is 1.88. The van der Waals surface area contributed by atoms with Crippen LogP contribution in [0.2, 0.25) is 0 Å². The maximum atomic E-state index is 13.4. The first-order chi connectivity index (χ1) is 15.1. The van der Waals surface area contributed by atoms with Gasteiger partial charge >= 0.3 is 0 Å². The average molecular weight is 417 g/mol. The second-order valence-corrected chi connectivity index (χ2v) is 8.24. The number of carbonyl (C=O) groups excluding carboxylic acids is 1. The number of rotatable bonds is 6. The van der Waals surface area contributed by atoms with Crippen LogP contribution < -0.4 is 4.74 Å². The lowest BCUT2D eigenvalue weighted by Gasteiger charge is -2.33. The van der Waals surface area contributed by atoms with E-state index in [9.17, 15) is 4.79 Å². The molecule has 3 heterocycles. The highest BCUT2D eigenvalue weighted by Gasteiger charge is 2.27. The van der Waals surface area contributed by atoms with Crippen molar-refractivity contribution in [1.82, 2.24) is 19.9 Å². The Morgan fingerprint density at radius 1 is 1.10 bits per heavy atom. The lowest BCUT2D eigenvalue weighted by Crippen LogP contribution is -2.41. The molecule has 1 saturated heterocycles. The Bertz CT molecular complexity index is 1020. The van der Waals surface area contributed by atoms with Crippen molar-refractivity contribution in [3.05, 3.63) is 72.2 Å². The average Bonchev–Trinajstić information content (AvgIpc) is 2.83. The number of amides is 1. The van der Waals surface area contributed by atoms with Gasteiger partial charge in [-0.1, -0.05) is 38.1 Å². The van der Waals surface area contributed by atoms with Gasteiger partial charge in [-0.2, -0.15) is 0 Å². The number of nitrogens with zero attached hydrogens (tertiary/aromatic N) is 4. The quantitative estimate of drug-likeness (QED) is 0.588. The highest BCUT2D eigenvalue weighted by molar-refractivity contribution is 6.00. The van der Waals surface area contributed by atoms with Gasteiger partial charge in [0.15, 0.2) is 5.82 Å². The van der Waals surface area contributed by atoms with E-state index in [0.717, 1.165) is 30.6 Å². The second kappa shape index (κ2) is 9.69. The number of likely N-dealkylation sites (tertiary alicyclic amines) is 1. The highest BCUT2D eigenvalue weighted by atomic mass is 16.5. The molecule has 1 aliphatic rings. The molecule has 0 N–H and O–H groups in total. The molecule has 1 unspecified atom stereocenters. The van der Waals surface area contributed by atoms with E-state index in [0.29, 0.717) is 36.3 Å². The van der Waals surface area contributed by atoms with Crippen LogP contribution >= 0.6 is 0 Å². The first kappa shape index (κ1) is 21.0. The largest absolute Gasteiger partial charge is 0.477 e. The first-order valence-corrected chi connectivity index (χ1v) is 10.9. The predicted octanol–water partition coefficient (Wildman–Crippen LogP) is 4.59. The Morgan fingerprint density at radius 2 is 1.90 bits per heavy atom. The molecule has 6 nitrogen and oxygen atoms in total. The zero-order valence-electron chi connectivity index (χ0n) is 18.1. The zero-order chi connectivity index (χ0) is 21.6. The maximum Gasteiger partial charge on any atom is 0.254 e.